The molecule has 0 aliphatic carbocycles. The van der Waals surface area contributed by atoms with Gasteiger partial charge in [0.25, 0.3) is 17.7 Å². The van der Waals surface area contributed by atoms with Gasteiger partial charge >= 0.3 is 0 Å². The van der Waals surface area contributed by atoms with Crippen LogP contribution in [0, 0.1) is 0 Å². The largest absolute Gasteiger partial charge is 0.493 e. The van der Waals surface area contributed by atoms with Crippen LogP contribution in [0.3, 0.4) is 0 Å². The van der Waals surface area contributed by atoms with Gasteiger partial charge in [-0.15, -0.1) is 0 Å². The minimum atomic E-state index is -0.452. The van der Waals surface area contributed by atoms with Crippen molar-refractivity contribution in [1.82, 2.24) is 10.2 Å². The Balaban J connectivity index is 1.48. The van der Waals surface area contributed by atoms with Gasteiger partial charge in [0, 0.05) is 5.56 Å². The van der Waals surface area contributed by atoms with E-state index in [1.807, 2.05) is 32.0 Å². The van der Waals surface area contributed by atoms with Gasteiger partial charge in [-0.25, -0.2) is 0 Å². The van der Waals surface area contributed by atoms with E-state index in [1.165, 1.54) is 18.4 Å². The third kappa shape index (κ3) is 4.52. The van der Waals surface area contributed by atoms with E-state index in [2.05, 4.69) is 5.32 Å². The predicted octanol–water partition coefficient (Wildman–Crippen LogP) is 4.36. The first-order chi connectivity index (χ1) is 16.4. The maximum atomic E-state index is 12.9. The second-order valence-electron chi connectivity index (χ2n) is 7.99. The van der Waals surface area contributed by atoms with Gasteiger partial charge in [-0.2, -0.15) is 0 Å². The Morgan fingerprint density at radius 2 is 1.85 bits per heavy atom. The van der Waals surface area contributed by atoms with Crippen LogP contribution in [0.2, 0.25) is 0 Å². The molecule has 3 amide bonds. The highest BCUT2D eigenvalue weighted by molar-refractivity contribution is 6.22. The van der Waals surface area contributed by atoms with Crippen LogP contribution in [-0.4, -0.2) is 36.3 Å². The maximum Gasteiger partial charge on any atom is 0.261 e. The Hall–Kier alpha value is -4.07. The highest BCUT2D eigenvalue weighted by atomic mass is 16.5. The molecule has 0 fully saturated rings. The van der Waals surface area contributed by atoms with Crippen molar-refractivity contribution in [2.75, 3.05) is 13.7 Å². The second-order valence-corrected chi connectivity index (χ2v) is 7.99. The molecule has 0 spiro atoms. The van der Waals surface area contributed by atoms with Crippen LogP contribution in [-0.2, 0) is 6.54 Å². The van der Waals surface area contributed by atoms with E-state index >= 15 is 0 Å². The molecule has 1 unspecified atom stereocenters. The predicted molar refractivity (Wildman–Crippen MR) is 124 cm³/mol. The lowest BCUT2D eigenvalue weighted by molar-refractivity contribution is 0.0631. The normalized spacial score (nSPS) is 13.6. The molecule has 1 atom stereocenters. The zero-order valence-electron chi connectivity index (χ0n) is 19.3. The van der Waals surface area contributed by atoms with E-state index in [9.17, 15) is 14.4 Å². The number of imide groups is 1. The molecule has 1 aliphatic heterocycles. The number of amides is 3. The van der Waals surface area contributed by atoms with Crippen molar-refractivity contribution in [3.05, 3.63) is 82.8 Å². The molecule has 8 heteroatoms. The first kappa shape index (κ1) is 23.1. The summed E-state index contributed by atoms with van der Waals surface area (Å²) in [5.41, 5.74) is 1.61. The molecule has 0 saturated heterocycles. The van der Waals surface area contributed by atoms with Crippen LogP contribution < -0.4 is 14.8 Å². The van der Waals surface area contributed by atoms with Crippen molar-refractivity contribution >= 4 is 17.7 Å². The maximum absolute atomic E-state index is 12.9. The second kappa shape index (κ2) is 9.82. The fourth-order valence-electron chi connectivity index (χ4n) is 3.78. The van der Waals surface area contributed by atoms with Crippen LogP contribution in [0.5, 0.6) is 11.5 Å². The lowest BCUT2D eigenvalue weighted by Crippen LogP contribution is -2.29. The first-order valence-corrected chi connectivity index (χ1v) is 11.1. The van der Waals surface area contributed by atoms with Gasteiger partial charge in [-0.05, 0) is 61.4 Å². The van der Waals surface area contributed by atoms with Crippen molar-refractivity contribution in [3.63, 3.8) is 0 Å². The highest BCUT2D eigenvalue weighted by Gasteiger charge is 2.36. The molecule has 3 aromatic rings. The SMILES string of the molecule is CCCOc1ccc(C(C)NC(=O)c2ccc3c(c2)C(=O)N(Cc2ccco2)C3=O)cc1OC. The summed E-state index contributed by atoms with van der Waals surface area (Å²) in [6, 6.07) is 13.1. The Labute approximate surface area is 197 Å². The fraction of sp³-hybridized carbons (Fsp3) is 0.269. The van der Waals surface area contributed by atoms with Gasteiger partial charge in [0.05, 0.1) is 43.7 Å². The van der Waals surface area contributed by atoms with E-state index in [1.54, 1.807) is 25.3 Å². The monoisotopic (exact) mass is 462 g/mol. The number of rotatable bonds is 9. The number of nitrogens with one attached hydrogen (secondary N) is 1. The quantitative estimate of drug-likeness (QED) is 0.475. The third-order valence-electron chi connectivity index (χ3n) is 5.62. The average Bonchev–Trinajstić information content (AvgIpc) is 3.45. The highest BCUT2D eigenvalue weighted by Crippen LogP contribution is 2.31. The van der Waals surface area contributed by atoms with Crippen molar-refractivity contribution in [2.45, 2.75) is 32.9 Å². The van der Waals surface area contributed by atoms with Crippen LogP contribution >= 0.6 is 0 Å². The molecule has 1 N–H and O–H groups in total. The van der Waals surface area contributed by atoms with Gasteiger partial charge < -0.3 is 19.2 Å². The Morgan fingerprint density at radius 3 is 2.56 bits per heavy atom. The number of carbonyl (C=O) groups is 3. The number of furan rings is 1. The summed E-state index contributed by atoms with van der Waals surface area (Å²) < 4.78 is 16.4. The molecule has 1 aliphatic rings. The molecule has 0 bridgehead atoms. The van der Waals surface area contributed by atoms with Gasteiger partial charge in [0.1, 0.15) is 5.76 Å². The van der Waals surface area contributed by atoms with E-state index < -0.39 is 11.8 Å². The number of nitrogens with zero attached hydrogens (tertiary/aromatic N) is 1. The Morgan fingerprint density at radius 1 is 1.06 bits per heavy atom. The van der Waals surface area contributed by atoms with Gasteiger partial charge in [-0.1, -0.05) is 13.0 Å². The smallest absolute Gasteiger partial charge is 0.261 e. The first-order valence-electron chi connectivity index (χ1n) is 11.1. The summed E-state index contributed by atoms with van der Waals surface area (Å²) in [7, 11) is 1.57. The molecule has 1 aromatic heterocycles. The topological polar surface area (TPSA) is 98.1 Å². The average molecular weight is 463 g/mol. The van der Waals surface area contributed by atoms with E-state index in [0.717, 1.165) is 16.9 Å². The number of carbonyl (C=O) groups excluding carboxylic acids is 3. The third-order valence-corrected chi connectivity index (χ3v) is 5.62. The summed E-state index contributed by atoms with van der Waals surface area (Å²) in [5, 5.41) is 2.93. The Kier molecular flexibility index (Phi) is 6.67. The summed E-state index contributed by atoms with van der Waals surface area (Å²) in [6.07, 6.45) is 2.37. The number of fused-ring (bicyclic) bond motifs is 1. The zero-order chi connectivity index (χ0) is 24.2. The van der Waals surface area contributed by atoms with Crippen LogP contribution in [0.1, 0.15) is 68.7 Å². The minimum Gasteiger partial charge on any atom is -0.493 e. The molecule has 2 aromatic carbocycles. The number of benzene rings is 2. The van der Waals surface area contributed by atoms with Crippen LogP contribution in [0.4, 0.5) is 0 Å². The molecule has 0 radical (unpaired) electrons. The molecule has 34 heavy (non-hydrogen) atoms. The fourth-order valence-corrected chi connectivity index (χ4v) is 3.78. The van der Waals surface area contributed by atoms with E-state index in [0.29, 0.717) is 29.4 Å². The standard InChI is InChI=1S/C26H26N2O6/c1-4-11-34-22-10-8-17(14-23(22)32-3)16(2)27-24(29)18-7-9-20-21(13-18)26(31)28(25(20)30)15-19-6-5-12-33-19/h5-10,12-14,16H,4,11,15H2,1-3H3,(H,27,29). The minimum absolute atomic E-state index is 0.0394. The number of ether oxygens (including phenoxy) is 2. The zero-order valence-corrected chi connectivity index (χ0v) is 19.3. The van der Waals surface area contributed by atoms with E-state index in [-0.39, 0.29) is 29.6 Å². The summed E-state index contributed by atoms with van der Waals surface area (Å²) >= 11 is 0. The van der Waals surface area contributed by atoms with Gasteiger partial charge in [0.15, 0.2) is 11.5 Å². The van der Waals surface area contributed by atoms with Crippen molar-refractivity contribution < 1.29 is 28.3 Å². The van der Waals surface area contributed by atoms with Crippen molar-refractivity contribution in [1.29, 1.82) is 0 Å². The molecule has 4 rings (SSSR count). The molecule has 0 saturated carbocycles. The van der Waals surface area contributed by atoms with Crippen molar-refractivity contribution in [3.8, 4) is 11.5 Å². The molecule has 176 valence electrons. The Bertz CT molecular complexity index is 1220. The molecule has 2 heterocycles. The summed E-state index contributed by atoms with van der Waals surface area (Å²) in [5.74, 6) is 0.520. The van der Waals surface area contributed by atoms with E-state index in [4.69, 9.17) is 13.9 Å². The van der Waals surface area contributed by atoms with Crippen LogP contribution in [0.15, 0.2) is 59.2 Å². The lowest BCUT2D eigenvalue weighted by Gasteiger charge is -2.17. The molecular formula is C26H26N2O6. The van der Waals surface area contributed by atoms with Gasteiger partial charge in [-0.3, -0.25) is 19.3 Å². The van der Waals surface area contributed by atoms with Crippen molar-refractivity contribution in [2.24, 2.45) is 0 Å². The molecule has 8 nitrogen and oxygen atoms in total. The van der Waals surface area contributed by atoms with Gasteiger partial charge in [0.2, 0.25) is 0 Å². The number of hydrogen-bond acceptors (Lipinski definition) is 6. The number of hydrogen-bond donors (Lipinski definition) is 1. The van der Waals surface area contributed by atoms with Crippen LogP contribution in [0.25, 0.3) is 0 Å². The summed E-state index contributed by atoms with van der Waals surface area (Å²) in [4.78, 5) is 39.5. The molecular weight excluding hydrogens is 436 g/mol. The lowest BCUT2D eigenvalue weighted by atomic mass is 10.0. The summed E-state index contributed by atoms with van der Waals surface area (Å²) in [6.45, 7) is 4.50. The number of methoxy groups -OCH3 is 1.